The van der Waals surface area contributed by atoms with Crippen molar-refractivity contribution in [1.29, 1.82) is 0 Å². The van der Waals surface area contributed by atoms with Crippen molar-refractivity contribution in [2.45, 2.75) is 39.3 Å². The van der Waals surface area contributed by atoms with E-state index in [0.717, 1.165) is 28.9 Å². The zero-order chi connectivity index (χ0) is 19.2. The van der Waals surface area contributed by atoms with Crippen LogP contribution in [0, 0.1) is 0 Å². The summed E-state index contributed by atoms with van der Waals surface area (Å²) in [6.45, 7) is 6.72. The van der Waals surface area contributed by atoms with Gasteiger partial charge in [-0.2, -0.15) is 0 Å². The average molecular weight is 355 g/mol. The van der Waals surface area contributed by atoms with Gasteiger partial charge in [0.1, 0.15) is 5.60 Å². The third-order valence-corrected chi connectivity index (χ3v) is 3.92. The van der Waals surface area contributed by atoms with Crippen LogP contribution >= 0.6 is 0 Å². The first-order chi connectivity index (χ1) is 12.3. The Morgan fingerprint density at radius 3 is 2.15 bits per heavy atom. The SMILES string of the molecule is CNc1ccc(CN(CCc2ccc(N)cc2)C(=O)OC(C)(C)C)cc1. The minimum Gasteiger partial charge on any atom is -0.444 e. The van der Waals surface area contributed by atoms with Gasteiger partial charge < -0.3 is 20.7 Å². The number of carbonyl (C=O) groups is 1. The Hall–Kier alpha value is -2.69. The fraction of sp³-hybridized carbons (Fsp3) is 0.381. The summed E-state index contributed by atoms with van der Waals surface area (Å²) in [4.78, 5) is 14.4. The Morgan fingerprint density at radius 2 is 1.62 bits per heavy atom. The summed E-state index contributed by atoms with van der Waals surface area (Å²) in [5.41, 5.74) is 9.19. The van der Waals surface area contributed by atoms with E-state index in [1.807, 2.05) is 76.3 Å². The minimum absolute atomic E-state index is 0.300. The van der Waals surface area contributed by atoms with Crippen molar-refractivity contribution in [2.75, 3.05) is 24.6 Å². The molecular weight excluding hydrogens is 326 g/mol. The van der Waals surface area contributed by atoms with Crippen molar-refractivity contribution < 1.29 is 9.53 Å². The van der Waals surface area contributed by atoms with Crippen molar-refractivity contribution in [3.63, 3.8) is 0 Å². The average Bonchev–Trinajstić information content (AvgIpc) is 2.59. The van der Waals surface area contributed by atoms with Gasteiger partial charge in [-0.25, -0.2) is 4.79 Å². The van der Waals surface area contributed by atoms with Crippen molar-refractivity contribution in [3.8, 4) is 0 Å². The smallest absolute Gasteiger partial charge is 0.410 e. The number of hydrogen-bond donors (Lipinski definition) is 2. The number of hydrogen-bond acceptors (Lipinski definition) is 4. The number of nitrogens with zero attached hydrogens (tertiary/aromatic N) is 1. The van der Waals surface area contributed by atoms with Crippen LogP contribution in [0.25, 0.3) is 0 Å². The van der Waals surface area contributed by atoms with Gasteiger partial charge in [-0.05, 0) is 62.6 Å². The van der Waals surface area contributed by atoms with E-state index in [0.29, 0.717) is 13.1 Å². The van der Waals surface area contributed by atoms with E-state index in [1.54, 1.807) is 4.90 Å². The molecule has 0 aliphatic carbocycles. The Balaban J connectivity index is 2.09. The minimum atomic E-state index is -0.521. The van der Waals surface area contributed by atoms with Gasteiger partial charge in [0.15, 0.2) is 0 Å². The molecule has 0 heterocycles. The molecule has 0 saturated carbocycles. The van der Waals surface area contributed by atoms with Gasteiger partial charge in [0.05, 0.1) is 0 Å². The molecule has 5 heteroatoms. The molecule has 0 spiro atoms. The fourth-order valence-electron chi connectivity index (χ4n) is 2.51. The van der Waals surface area contributed by atoms with Crippen LogP contribution < -0.4 is 11.1 Å². The van der Waals surface area contributed by atoms with Crippen molar-refractivity contribution in [3.05, 3.63) is 59.7 Å². The molecule has 0 fully saturated rings. The van der Waals surface area contributed by atoms with Crippen molar-refractivity contribution in [2.24, 2.45) is 0 Å². The molecule has 0 aromatic heterocycles. The zero-order valence-corrected chi connectivity index (χ0v) is 16.1. The molecule has 0 aliphatic heterocycles. The van der Waals surface area contributed by atoms with Crippen LogP contribution in [0.15, 0.2) is 48.5 Å². The lowest BCUT2D eigenvalue weighted by atomic mass is 10.1. The maximum Gasteiger partial charge on any atom is 0.410 e. The number of anilines is 2. The number of rotatable bonds is 6. The topological polar surface area (TPSA) is 67.6 Å². The van der Waals surface area contributed by atoms with Crippen LogP contribution in [-0.2, 0) is 17.7 Å². The molecule has 0 saturated heterocycles. The van der Waals surface area contributed by atoms with Gasteiger partial charge in [-0.15, -0.1) is 0 Å². The summed E-state index contributed by atoms with van der Waals surface area (Å²) in [6, 6.07) is 15.8. The summed E-state index contributed by atoms with van der Waals surface area (Å²) >= 11 is 0. The molecule has 0 bridgehead atoms. The number of carbonyl (C=O) groups excluding carboxylic acids is 1. The van der Waals surface area contributed by atoms with Crippen LogP contribution in [0.4, 0.5) is 16.2 Å². The highest BCUT2D eigenvalue weighted by molar-refractivity contribution is 5.68. The van der Waals surface area contributed by atoms with E-state index in [2.05, 4.69) is 5.32 Å². The van der Waals surface area contributed by atoms with Gasteiger partial charge in [-0.1, -0.05) is 24.3 Å². The molecule has 2 rings (SSSR count). The number of nitrogen functional groups attached to an aromatic ring is 1. The molecule has 0 unspecified atom stereocenters. The Kier molecular flexibility index (Phi) is 6.50. The van der Waals surface area contributed by atoms with Gasteiger partial charge in [0.25, 0.3) is 0 Å². The second-order valence-electron chi connectivity index (χ2n) is 7.34. The van der Waals surface area contributed by atoms with Gasteiger partial charge in [0, 0.05) is 31.5 Å². The fourth-order valence-corrected chi connectivity index (χ4v) is 2.51. The summed E-state index contributed by atoms with van der Waals surface area (Å²) in [5, 5.41) is 3.10. The highest BCUT2D eigenvalue weighted by Crippen LogP contribution is 2.16. The van der Waals surface area contributed by atoms with Crippen LogP contribution in [0.2, 0.25) is 0 Å². The molecule has 2 aromatic rings. The van der Waals surface area contributed by atoms with E-state index in [9.17, 15) is 4.79 Å². The summed E-state index contributed by atoms with van der Waals surface area (Å²) in [5.74, 6) is 0. The normalized spacial score (nSPS) is 11.1. The van der Waals surface area contributed by atoms with E-state index < -0.39 is 5.60 Å². The molecule has 140 valence electrons. The Labute approximate surface area is 156 Å². The quantitative estimate of drug-likeness (QED) is 0.759. The molecular formula is C21H29N3O2. The first-order valence-corrected chi connectivity index (χ1v) is 8.86. The van der Waals surface area contributed by atoms with Crippen molar-refractivity contribution in [1.82, 2.24) is 4.90 Å². The lowest BCUT2D eigenvalue weighted by Gasteiger charge is -2.27. The highest BCUT2D eigenvalue weighted by Gasteiger charge is 2.22. The van der Waals surface area contributed by atoms with Gasteiger partial charge in [0.2, 0.25) is 0 Å². The van der Waals surface area contributed by atoms with Crippen molar-refractivity contribution >= 4 is 17.5 Å². The zero-order valence-electron chi connectivity index (χ0n) is 16.1. The first-order valence-electron chi connectivity index (χ1n) is 8.86. The first kappa shape index (κ1) is 19.6. The summed E-state index contributed by atoms with van der Waals surface area (Å²) in [6.07, 6.45) is 0.444. The molecule has 0 radical (unpaired) electrons. The standard InChI is InChI=1S/C21H29N3O2/c1-21(2,3)26-20(25)24(14-13-16-5-9-18(22)10-6-16)15-17-7-11-19(23-4)12-8-17/h5-12,23H,13-15,22H2,1-4H3. The summed E-state index contributed by atoms with van der Waals surface area (Å²) in [7, 11) is 1.88. The van der Waals surface area contributed by atoms with E-state index >= 15 is 0 Å². The van der Waals surface area contributed by atoms with E-state index in [4.69, 9.17) is 10.5 Å². The maximum atomic E-state index is 12.6. The Morgan fingerprint density at radius 1 is 1.04 bits per heavy atom. The third kappa shape index (κ3) is 6.31. The number of nitrogens with two attached hydrogens (primary N) is 1. The second kappa shape index (κ2) is 8.61. The molecule has 5 nitrogen and oxygen atoms in total. The van der Waals surface area contributed by atoms with Gasteiger partial charge in [-0.3, -0.25) is 0 Å². The molecule has 0 atom stereocenters. The highest BCUT2D eigenvalue weighted by atomic mass is 16.6. The largest absolute Gasteiger partial charge is 0.444 e. The molecule has 0 aliphatic rings. The number of benzene rings is 2. The van der Waals surface area contributed by atoms with Crippen LogP contribution in [0.5, 0.6) is 0 Å². The third-order valence-electron chi connectivity index (χ3n) is 3.92. The number of amides is 1. The summed E-state index contributed by atoms with van der Waals surface area (Å²) < 4.78 is 5.58. The lowest BCUT2D eigenvalue weighted by molar-refractivity contribution is 0.0236. The van der Waals surface area contributed by atoms with E-state index in [-0.39, 0.29) is 6.09 Å². The Bertz CT molecular complexity index is 704. The predicted octanol–water partition coefficient (Wildman–Crippen LogP) is 4.29. The van der Waals surface area contributed by atoms with Gasteiger partial charge >= 0.3 is 6.09 Å². The van der Waals surface area contributed by atoms with Crippen LogP contribution in [0.3, 0.4) is 0 Å². The lowest BCUT2D eigenvalue weighted by Crippen LogP contribution is -2.37. The van der Waals surface area contributed by atoms with Crippen LogP contribution in [0.1, 0.15) is 31.9 Å². The number of nitrogens with one attached hydrogen (secondary N) is 1. The number of ether oxygens (including phenoxy) is 1. The molecule has 1 amide bonds. The monoisotopic (exact) mass is 355 g/mol. The molecule has 2 aromatic carbocycles. The molecule has 3 N–H and O–H groups in total. The predicted molar refractivity (Wildman–Crippen MR) is 107 cm³/mol. The molecule has 26 heavy (non-hydrogen) atoms. The van der Waals surface area contributed by atoms with E-state index in [1.165, 1.54) is 0 Å². The maximum absolute atomic E-state index is 12.6. The second-order valence-corrected chi connectivity index (χ2v) is 7.34. The van der Waals surface area contributed by atoms with Crippen LogP contribution in [-0.4, -0.2) is 30.2 Å².